The number of halogens is 2. The van der Waals surface area contributed by atoms with Gasteiger partial charge in [0.1, 0.15) is 6.54 Å². The molecule has 1 aromatic heterocycles. The lowest BCUT2D eigenvalue weighted by molar-refractivity contribution is -0.116. The standard InChI is InChI=1S/C11H10ClIN4O/c12-9-2-1-8(3-10(9)14)16-11(18)6-17-5-7(13)4-15-17/h1-5H,6,14H2,(H,16,18). The summed E-state index contributed by atoms with van der Waals surface area (Å²) in [4.78, 5) is 11.7. The molecule has 0 aliphatic heterocycles. The van der Waals surface area contributed by atoms with Crippen molar-refractivity contribution in [2.75, 3.05) is 11.1 Å². The molecule has 0 fully saturated rings. The van der Waals surface area contributed by atoms with Crippen LogP contribution in [0.4, 0.5) is 11.4 Å². The molecule has 0 unspecified atom stereocenters. The molecule has 1 heterocycles. The first-order chi connectivity index (χ1) is 8.54. The molecule has 0 spiro atoms. The highest BCUT2D eigenvalue weighted by atomic mass is 127. The second kappa shape index (κ2) is 5.57. The molecule has 0 atom stereocenters. The summed E-state index contributed by atoms with van der Waals surface area (Å²) >= 11 is 7.93. The second-order valence-corrected chi connectivity index (χ2v) is 5.29. The van der Waals surface area contributed by atoms with Crippen LogP contribution in [0.1, 0.15) is 0 Å². The van der Waals surface area contributed by atoms with Gasteiger partial charge in [0.2, 0.25) is 5.91 Å². The third-order valence-corrected chi connectivity index (χ3v) is 3.09. The summed E-state index contributed by atoms with van der Waals surface area (Å²) in [5.41, 5.74) is 6.70. The number of nitrogen functional groups attached to an aromatic ring is 1. The topological polar surface area (TPSA) is 72.9 Å². The van der Waals surface area contributed by atoms with Crippen LogP contribution < -0.4 is 11.1 Å². The maximum absolute atomic E-state index is 11.7. The SMILES string of the molecule is Nc1cc(NC(=O)Cn2cc(I)cn2)ccc1Cl. The van der Waals surface area contributed by atoms with Crippen LogP contribution in [-0.2, 0) is 11.3 Å². The fourth-order valence-corrected chi connectivity index (χ4v) is 1.96. The Kier molecular flexibility index (Phi) is 4.07. The molecular formula is C11H10ClIN4O. The molecule has 3 N–H and O–H groups in total. The number of nitrogens with one attached hydrogen (secondary N) is 1. The highest BCUT2D eigenvalue weighted by Crippen LogP contribution is 2.22. The van der Waals surface area contributed by atoms with Gasteiger partial charge in [-0.1, -0.05) is 11.6 Å². The van der Waals surface area contributed by atoms with Crippen molar-refractivity contribution in [3.8, 4) is 0 Å². The number of amides is 1. The Labute approximate surface area is 122 Å². The van der Waals surface area contributed by atoms with E-state index < -0.39 is 0 Å². The van der Waals surface area contributed by atoms with Gasteiger partial charge in [-0.2, -0.15) is 5.10 Å². The summed E-state index contributed by atoms with van der Waals surface area (Å²) in [5.74, 6) is -0.170. The van der Waals surface area contributed by atoms with Crippen molar-refractivity contribution in [1.29, 1.82) is 0 Å². The minimum atomic E-state index is -0.170. The molecule has 0 aliphatic rings. The number of rotatable bonds is 3. The molecule has 94 valence electrons. The van der Waals surface area contributed by atoms with Crippen molar-refractivity contribution in [3.63, 3.8) is 0 Å². The summed E-state index contributed by atoms with van der Waals surface area (Å²) in [6.07, 6.45) is 3.48. The molecule has 7 heteroatoms. The Morgan fingerprint density at radius 3 is 2.94 bits per heavy atom. The normalized spacial score (nSPS) is 10.3. The van der Waals surface area contributed by atoms with Crippen molar-refractivity contribution >= 4 is 51.5 Å². The highest BCUT2D eigenvalue weighted by molar-refractivity contribution is 14.1. The molecule has 1 aromatic carbocycles. The summed E-state index contributed by atoms with van der Waals surface area (Å²) in [5, 5.41) is 7.23. The smallest absolute Gasteiger partial charge is 0.246 e. The highest BCUT2D eigenvalue weighted by Gasteiger charge is 2.06. The molecule has 0 saturated heterocycles. The average molecular weight is 377 g/mol. The molecule has 0 bridgehead atoms. The van der Waals surface area contributed by atoms with E-state index in [-0.39, 0.29) is 12.5 Å². The van der Waals surface area contributed by atoms with Gasteiger partial charge in [0.05, 0.1) is 20.5 Å². The van der Waals surface area contributed by atoms with Gasteiger partial charge in [0.25, 0.3) is 0 Å². The van der Waals surface area contributed by atoms with Crippen molar-refractivity contribution in [2.45, 2.75) is 6.54 Å². The Bertz CT molecular complexity index is 584. The van der Waals surface area contributed by atoms with E-state index in [0.717, 1.165) is 3.57 Å². The zero-order valence-corrected chi connectivity index (χ0v) is 12.1. The summed E-state index contributed by atoms with van der Waals surface area (Å²) < 4.78 is 2.55. The van der Waals surface area contributed by atoms with E-state index in [1.54, 1.807) is 35.3 Å². The predicted octanol–water partition coefficient (Wildman–Crippen LogP) is 2.36. The molecule has 1 amide bonds. The number of benzene rings is 1. The number of carbonyl (C=O) groups is 1. The fraction of sp³-hybridized carbons (Fsp3) is 0.0909. The van der Waals surface area contributed by atoms with E-state index in [4.69, 9.17) is 17.3 Å². The zero-order valence-electron chi connectivity index (χ0n) is 9.23. The van der Waals surface area contributed by atoms with Crippen LogP contribution in [0.25, 0.3) is 0 Å². The van der Waals surface area contributed by atoms with E-state index in [1.807, 2.05) is 0 Å². The molecule has 18 heavy (non-hydrogen) atoms. The first-order valence-corrected chi connectivity index (χ1v) is 6.53. The lowest BCUT2D eigenvalue weighted by atomic mass is 10.3. The van der Waals surface area contributed by atoms with Crippen LogP contribution in [0, 0.1) is 3.57 Å². The fourth-order valence-electron chi connectivity index (χ4n) is 1.39. The number of anilines is 2. The monoisotopic (exact) mass is 376 g/mol. The third-order valence-electron chi connectivity index (χ3n) is 2.19. The number of hydrogen-bond acceptors (Lipinski definition) is 3. The van der Waals surface area contributed by atoms with Crippen LogP contribution >= 0.6 is 34.2 Å². The van der Waals surface area contributed by atoms with Gasteiger partial charge in [0.15, 0.2) is 0 Å². The molecule has 0 saturated carbocycles. The van der Waals surface area contributed by atoms with E-state index in [2.05, 4.69) is 33.0 Å². The second-order valence-electron chi connectivity index (χ2n) is 3.64. The van der Waals surface area contributed by atoms with E-state index in [9.17, 15) is 4.79 Å². The Morgan fingerprint density at radius 2 is 2.33 bits per heavy atom. The maximum atomic E-state index is 11.7. The first kappa shape index (κ1) is 13.2. The van der Waals surface area contributed by atoms with Crippen molar-refractivity contribution in [2.24, 2.45) is 0 Å². The minimum Gasteiger partial charge on any atom is -0.397 e. The largest absolute Gasteiger partial charge is 0.397 e. The van der Waals surface area contributed by atoms with E-state index >= 15 is 0 Å². The van der Waals surface area contributed by atoms with Gasteiger partial charge in [0, 0.05) is 11.9 Å². The van der Waals surface area contributed by atoms with Crippen LogP contribution in [0.15, 0.2) is 30.6 Å². The van der Waals surface area contributed by atoms with E-state index in [1.165, 1.54) is 0 Å². The average Bonchev–Trinajstić information content (AvgIpc) is 2.69. The summed E-state index contributed by atoms with van der Waals surface area (Å²) in [6.45, 7) is 0.158. The lowest BCUT2D eigenvalue weighted by Crippen LogP contribution is -2.19. The third kappa shape index (κ3) is 3.36. The van der Waals surface area contributed by atoms with E-state index in [0.29, 0.717) is 16.4 Å². The molecule has 0 aliphatic carbocycles. The summed E-state index contributed by atoms with van der Waals surface area (Å²) in [6, 6.07) is 4.96. The number of nitrogens with zero attached hydrogens (tertiary/aromatic N) is 2. The Morgan fingerprint density at radius 1 is 1.56 bits per heavy atom. The van der Waals surface area contributed by atoms with Gasteiger partial charge >= 0.3 is 0 Å². The molecular weight excluding hydrogens is 367 g/mol. The van der Waals surface area contributed by atoms with Gasteiger partial charge in [-0.05, 0) is 40.8 Å². The van der Waals surface area contributed by atoms with Gasteiger partial charge in [-0.25, -0.2) is 0 Å². The minimum absolute atomic E-state index is 0.158. The van der Waals surface area contributed by atoms with Crippen molar-refractivity contribution in [1.82, 2.24) is 9.78 Å². The maximum Gasteiger partial charge on any atom is 0.246 e. The Balaban J connectivity index is 2.00. The summed E-state index contributed by atoms with van der Waals surface area (Å²) in [7, 11) is 0. The molecule has 5 nitrogen and oxygen atoms in total. The van der Waals surface area contributed by atoms with Crippen LogP contribution in [0.2, 0.25) is 5.02 Å². The quantitative estimate of drug-likeness (QED) is 0.638. The van der Waals surface area contributed by atoms with Gasteiger partial charge < -0.3 is 11.1 Å². The van der Waals surface area contributed by atoms with Crippen LogP contribution in [-0.4, -0.2) is 15.7 Å². The van der Waals surface area contributed by atoms with Crippen molar-refractivity contribution in [3.05, 3.63) is 39.2 Å². The first-order valence-electron chi connectivity index (χ1n) is 5.07. The molecule has 2 aromatic rings. The molecule has 0 radical (unpaired) electrons. The number of hydrogen-bond donors (Lipinski definition) is 2. The molecule has 2 rings (SSSR count). The van der Waals surface area contributed by atoms with Crippen LogP contribution in [0.5, 0.6) is 0 Å². The van der Waals surface area contributed by atoms with Gasteiger partial charge in [-0.3, -0.25) is 9.48 Å². The van der Waals surface area contributed by atoms with Gasteiger partial charge in [-0.15, -0.1) is 0 Å². The van der Waals surface area contributed by atoms with Crippen molar-refractivity contribution < 1.29 is 4.79 Å². The number of carbonyl (C=O) groups excluding carboxylic acids is 1. The Hall–Kier alpha value is -1.28. The predicted molar refractivity (Wildman–Crippen MR) is 79.4 cm³/mol. The zero-order chi connectivity index (χ0) is 13.1. The van der Waals surface area contributed by atoms with Crippen LogP contribution in [0.3, 0.4) is 0 Å². The lowest BCUT2D eigenvalue weighted by Gasteiger charge is -2.06. The number of aromatic nitrogens is 2. The number of nitrogens with two attached hydrogens (primary N) is 1.